The Bertz CT molecular complexity index is 778. The van der Waals surface area contributed by atoms with Gasteiger partial charge in [-0.25, -0.2) is 0 Å². The Morgan fingerprint density at radius 1 is 1.08 bits per heavy atom. The molecule has 0 saturated heterocycles. The molecule has 2 aromatic carbocycles. The van der Waals surface area contributed by atoms with E-state index in [-0.39, 0.29) is 0 Å². The molecule has 1 fully saturated rings. The standard InChI is InChI=1S/C23H29N/c1-16(2)22(23(5)14-8-9-15-23)24-18(4)20-13-12-19-10-6-7-11-21(19)17(20)3/h6-7,10-13,22,24H,1,4,8-9,14-15H2,2-3,5H3. The molecule has 0 spiro atoms. The molecule has 0 aromatic heterocycles. The molecule has 1 nitrogen and oxygen atoms in total. The average molecular weight is 319 g/mol. The van der Waals surface area contributed by atoms with E-state index in [0.29, 0.717) is 11.5 Å². The summed E-state index contributed by atoms with van der Waals surface area (Å²) >= 11 is 0. The Kier molecular flexibility index (Phi) is 4.54. The van der Waals surface area contributed by atoms with Gasteiger partial charge in [-0.15, -0.1) is 0 Å². The molecule has 0 radical (unpaired) electrons. The fraction of sp³-hybridized carbons (Fsp3) is 0.391. The van der Waals surface area contributed by atoms with Crippen molar-refractivity contribution in [1.82, 2.24) is 5.32 Å². The molecule has 1 heteroatoms. The first-order valence-electron chi connectivity index (χ1n) is 9.02. The first-order valence-corrected chi connectivity index (χ1v) is 9.02. The van der Waals surface area contributed by atoms with Crippen molar-refractivity contribution in [3.05, 3.63) is 66.3 Å². The Morgan fingerprint density at radius 3 is 2.42 bits per heavy atom. The topological polar surface area (TPSA) is 12.0 Å². The summed E-state index contributed by atoms with van der Waals surface area (Å²) in [6.07, 6.45) is 5.18. The summed E-state index contributed by atoms with van der Waals surface area (Å²) in [5, 5.41) is 6.31. The van der Waals surface area contributed by atoms with Gasteiger partial charge >= 0.3 is 0 Å². The molecule has 1 aliphatic carbocycles. The summed E-state index contributed by atoms with van der Waals surface area (Å²) in [5.41, 5.74) is 5.02. The van der Waals surface area contributed by atoms with E-state index in [1.165, 1.54) is 53.2 Å². The van der Waals surface area contributed by atoms with E-state index < -0.39 is 0 Å². The second-order valence-electron chi connectivity index (χ2n) is 7.72. The van der Waals surface area contributed by atoms with Crippen molar-refractivity contribution in [2.24, 2.45) is 5.41 Å². The molecule has 24 heavy (non-hydrogen) atoms. The second kappa shape index (κ2) is 6.47. The zero-order chi connectivity index (χ0) is 17.3. The normalized spacial score (nSPS) is 17.6. The average Bonchev–Trinajstić information content (AvgIpc) is 3.00. The van der Waals surface area contributed by atoms with Gasteiger partial charge in [-0.1, -0.05) is 74.9 Å². The van der Waals surface area contributed by atoms with E-state index in [1.54, 1.807) is 0 Å². The summed E-state index contributed by atoms with van der Waals surface area (Å²) in [7, 11) is 0. The van der Waals surface area contributed by atoms with Crippen LogP contribution in [0.2, 0.25) is 0 Å². The fourth-order valence-corrected chi connectivity index (χ4v) is 4.37. The van der Waals surface area contributed by atoms with Crippen LogP contribution in [0.3, 0.4) is 0 Å². The van der Waals surface area contributed by atoms with Gasteiger partial charge in [-0.3, -0.25) is 0 Å². The maximum atomic E-state index is 4.37. The van der Waals surface area contributed by atoms with Crippen molar-refractivity contribution in [3.8, 4) is 0 Å². The van der Waals surface area contributed by atoms with Crippen LogP contribution in [0, 0.1) is 12.3 Å². The summed E-state index contributed by atoms with van der Waals surface area (Å²) in [5.74, 6) is 0. The van der Waals surface area contributed by atoms with E-state index >= 15 is 0 Å². The van der Waals surface area contributed by atoms with Gasteiger partial charge in [0.15, 0.2) is 0 Å². The van der Waals surface area contributed by atoms with Crippen LogP contribution in [0.15, 0.2) is 55.1 Å². The third-order valence-corrected chi connectivity index (χ3v) is 5.78. The number of hydrogen-bond donors (Lipinski definition) is 1. The molecular weight excluding hydrogens is 290 g/mol. The Balaban J connectivity index is 1.91. The van der Waals surface area contributed by atoms with Crippen LogP contribution in [0.1, 0.15) is 50.7 Å². The number of hydrogen-bond acceptors (Lipinski definition) is 1. The first kappa shape index (κ1) is 16.8. The summed E-state index contributed by atoms with van der Waals surface area (Å²) in [6.45, 7) is 15.4. The highest BCUT2D eigenvalue weighted by molar-refractivity contribution is 5.89. The SMILES string of the molecule is C=C(NC(C(=C)C)C1(C)CCCC1)c1ccc2ccccc2c1C. The number of benzene rings is 2. The lowest BCUT2D eigenvalue weighted by atomic mass is 9.77. The molecule has 0 heterocycles. The zero-order valence-corrected chi connectivity index (χ0v) is 15.3. The van der Waals surface area contributed by atoms with Gasteiger partial charge in [0.1, 0.15) is 0 Å². The van der Waals surface area contributed by atoms with Crippen LogP contribution in [0.25, 0.3) is 16.5 Å². The van der Waals surface area contributed by atoms with Crippen LogP contribution in [-0.2, 0) is 0 Å². The van der Waals surface area contributed by atoms with E-state index in [1.807, 2.05) is 0 Å². The lowest BCUT2D eigenvalue weighted by Crippen LogP contribution is -2.41. The molecule has 0 aliphatic heterocycles. The molecular formula is C23H29N. The molecule has 0 bridgehead atoms. The largest absolute Gasteiger partial charge is 0.378 e. The number of nitrogens with one attached hydrogen (secondary N) is 1. The van der Waals surface area contributed by atoms with Gasteiger partial charge in [-0.2, -0.15) is 0 Å². The minimum atomic E-state index is 0.290. The Hall–Kier alpha value is -2.02. The van der Waals surface area contributed by atoms with Gasteiger partial charge in [0.05, 0.1) is 6.04 Å². The molecule has 126 valence electrons. The smallest absolute Gasteiger partial charge is 0.0522 e. The second-order valence-corrected chi connectivity index (χ2v) is 7.72. The maximum Gasteiger partial charge on any atom is 0.0522 e. The number of rotatable bonds is 5. The molecule has 3 rings (SSSR count). The van der Waals surface area contributed by atoms with Crippen LogP contribution in [-0.4, -0.2) is 6.04 Å². The monoisotopic (exact) mass is 319 g/mol. The molecule has 0 amide bonds. The van der Waals surface area contributed by atoms with E-state index in [4.69, 9.17) is 0 Å². The highest BCUT2D eigenvalue weighted by Gasteiger charge is 2.37. The van der Waals surface area contributed by atoms with Gasteiger partial charge in [0.25, 0.3) is 0 Å². The molecule has 2 aromatic rings. The highest BCUT2D eigenvalue weighted by atomic mass is 14.9. The van der Waals surface area contributed by atoms with E-state index in [9.17, 15) is 0 Å². The van der Waals surface area contributed by atoms with Crippen molar-refractivity contribution in [2.45, 2.75) is 52.5 Å². The van der Waals surface area contributed by atoms with Crippen molar-refractivity contribution in [3.63, 3.8) is 0 Å². The summed E-state index contributed by atoms with van der Waals surface area (Å²) < 4.78 is 0. The van der Waals surface area contributed by atoms with E-state index in [0.717, 1.165) is 5.70 Å². The first-order chi connectivity index (χ1) is 11.4. The summed E-state index contributed by atoms with van der Waals surface area (Å²) in [4.78, 5) is 0. The highest BCUT2D eigenvalue weighted by Crippen LogP contribution is 2.43. The molecule has 1 saturated carbocycles. The van der Waals surface area contributed by atoms with Gasteiger partial charge in [0.2, 0.25) is 0 Å². The Labute approximate surface area is 146 Å². The van der Waals surface area contributed by atoms with Crippen LogP contribution in [0.4, 0.5) is 0 Å². The Morgan fingerprint density at radius 2 is 1.75 bits per heavy atom. The minimum absolute atomic E-state index is 0.290. The number of aryl methyl sites for hydroxylation is 1. The van der Waals surface area contributed by atoms with Crippen LogP contribution in [0.5, 0.6) is 0 Å². The minimum Gasteiger partial charge on any atom is -0.378 e. The maximum absolute atomic E-state index is 4.37. The fourth-order valence-electron chi connectivity index (χ4n) is 4.37. The predicted molar refractivity (Wildman–Crippen MR) is 106 cm³/mol. The van der Waals surface area contributed by atoms with Gasteiger partial charge in [-0.05, 0) is 48.4 Å². The van der Waals surface area contributed by atoms with Crippen molar-refractivity contribution >= 4 is 16.5 Å². The molecule has 1 atom stereocenters. The van der Waals surface area contributed by atoms with Crippen molar-refractivity contribution < 1.29 is 0 Å². The van der Waals surface area contributed by atoms with Crippen LogP contribution >= 0.6 is 0 Å². The van der Waals surface area contributed by atoms with E-state index in [2.05, 4.69) is 75.6 Å². The quantitative estimate of drug-likeness (QED) is 0.644. The third kappa shape index (κ3) is 3.00. The summed E-state index contributed by atoms with van der Waals surface area (Å²) in [6, 6.07) is 13.2. The third-order valence-electron chi connectivity index (χ3n) is 5.78. The lowest BCUT2D eigenvalue weighted by Gasteiger charge is -2.37. The van der Waals surface area contributed by atoms with Gasteiger partial charge in [0, 0.05) is 11.3 Å². The number of fused-ring (bicyclic) bond motifs is 1. The molecule has 1 aliphatic rings. The molecule has 1 N–H and O–H groups in total. The van der Waals surface area contributed by atoms with Gasteiger partial charge < -0.3 is 5.32 Å². The lowest BCUT2D eigenvalue weighted by molar-refractivity contribution is 0.268. The zero-order valence-electron chi connectivity index (χ0n) is 15.3. The van der Waals surface area contributed by atoms with Crippen molar-refractivity contribution in [1.29, 1.82) is 0 Å². The van der Waals surface area contributed by atoms with Crippen molar-refractivity contribution in [2.75, 3.05) is 0 Å². The molecule has 1 unspecified atom stereocenters. The predicted octanol–water partition coefficient (Wildman–Crippen LogP) is 6.23. The van der Waals surface area contributed by atoms with Crippen LogP contribution < -0.4 is 5.32 Å².